The molecule has 2 aromatic heterocycles. The molecular formula is C15H12N4O2. The number of amides is 1. The maximum atomic E-state index is 12.0. The molecule has 104 valence electrons. The Balaban J connectivity index is 1.73. The number of imidazole rings is 1. The molecule has 0 fully saturated rings. The maximum absolute atomic E-state index is 12.0. The van der Waals surface area contributed by atoms with Crippen molar-refractivity contribution in [2.75, 3.05) is 5.32 Å². The minimum atomic E-state index is -0.258. The van der Waals surface area contributed by atoms with Gasteiger partial charge >= 0.3 is 0 Å². The highest BCUT2D eigenvalue weighted by Crippen LogP contribution is 2.14. The van der Waals surface area contributed by atoms with Crippen LogP contribution in [0.4, 0.5) is 5.69 Å². The van der Waals surface area contributed by atoms with E-state index in [0.29, 0.717) is 16.0 Å². The largest absolute Gasteiger partial charge is 0.619 e. The summed E-state index contributed by atoms with van der Waals surface area (Å²) in [6.45, 7) is 0. The summed E-state index contributed by atoms with van der Waals surface area (Å²) in [6, 6.07) is 10.3. The second-order valence-electron chi connectivity index (χ2n) is 4.42. The van der Waals surface area contributed by atoms with E-state index in [9.17, 15) is 10.0 Å². The van der Waals surface area contributed by atoms with Crippen molar-refractivity contribution in [1.82, 2.24) is 9.55 Å². The van der Waals surface area contributed by atoms with Gasteiger partial charge in [-0.3, -0.25) is 4.79 Å². The molecule has 0 aliphatic carbocycles. The van der Waals surface area contributed by atoms with Crippen molar-refractivity contribution in [1.29, 1.82) is 0 Å². The molecule has 3 aromatic rings. The highest BCUT2D eigenvalue weighted by atomic mass is 16.5. The molecule has 1 aromatic carbocycles. The van der Waals surface area contributed by atoms with Crippen LogP contribution < -0.4 is 10.0 Å². The number of rotatable bonds is 3. The van der Waals surface area contributed by atoms with Gasteiger partial charge in [-0.25, -0.2) is 4.98 Å². The third kappa shape index (κ3) is 2.89. The van der Waals surface area contributed by atoms with Crippen LogP contribution in [0.1, 0.15) is 10.4 Å². The Labute approximate surface area is 120 Å². The molecule has 0 spiro atoms. The minimum Gasteiger partial charge on any atom is -0.619 e. The first kappa shape index (κ1) is 12.9. The van der Waals surface area contributed by atoms with Crippen LogP contribution in [0.15, 0.2) is 67.5 Å². The lowest BCUT2D eigenvalue weighted by molar-refractivity contribution is -0.605. The Hall–Kier alpha value is -3.15. The second-order valence-corrected chi connectivity index (χ2v) is 4.42. The van der Waals surface area contributed by atoms with E-state index in [1.807, 2.05) is 35.0 Å². The summed E-state index contributed by atoms with van der Waals surface area (Å²) in [4.78, 5) is 16.0. The molecule has 0 aliphatic rings. The van der Waals surface area contributed by atoms with Crippen LogP contribution in [0.3, 0.4) is 0 Å². The van der Waals surface area contributed by atoms with Gasteiger partial charge in [0.15, 0.2) is 12.4 Å². The van der Waals surface area contributed by atoms with Gasteiger partial charge in [-0.1, -0.05) is 0 Å². The number of carbonyl (C=O) groups excluding carboxylic acids is 1. The SMILES string of the molecule is O=C(Nc1ccc(-n2ccnc2)cc1)c1cc[n+]([O-])cc1. The minimum absolute atomic E-state index is 0.258. The summed E-state index contributed by atoms with van der Waals surface area (Å²) in [5.74, 6) is -0.258. The smallest absolute Gasteiger partial charge is 0.256 e. The zero-order chi connectivity index (χ0) is 14.7. The lowest BCUT2D eigenvalue weighted by Crippen LogP contribution is -2.25. The van der Waals surface area contributed by atoms with Gasteiger partial charge in [-0.2, -0.15) is 4.73 Å². The average molecular weight is 280 g/mol. The lowest BCUT2D eigenvalue weighted by Gasteiger charge is -2.07. The zero-order valence-corrected chi connectivity index (χ0v) is 11.0. The van der Waals surface area contributed by atoms with Crippen LogP contribution in [0, 0.1) is 5.21 Å². The van der Waals surface area contributed by atoms with E-state index >= 15 is 0 Å². The van der Waals surface area contributed by atoms with Crippen LogP contribution in [0.2, 0.25) is 0 Å². The summed E-state index contributed by atoms with van der Waals surface area (Å²) in [5.41, 5.74) is 2.07. The fraction of sp³-hybridized carbons (Fsp3) is 0. The molecule has 6 nitrogen and oxygen atoms in total. The number of benzene rings is 1. The highest BCUT2D eigenvalue weighted by molar-refractivity contribution is 6.04. The van der Waals surface area contributed by atoms with Gasteiger partial charge in [0.2, 0.25) is 0 Å². The van der Waals surface area contributed by atoms with E-state index in [-0.39, 0.29) is 5.91 Å². The fourth-order valence-electron chi connectivity index (χ4n) is 1.90. The number of carbonyl (C=O) groups is 1. The number of anilines is 1. The number of nitrogens with zero attached hydrogens (tertiary/aromatic N) is 3. The molecule has 0 radical (unpaired) electrons. The quantitative estimate of drug-likeness (QED) is 0.587. The van der Waals surface area contributed by atoms with Gasteiger partial charge in [0, 0.05) is 35.9 Å². The Morgan fingerprint density at radius 1 is 1.14 bits per heavy atom. The van der Waals surface area contributed by atoms with E-state index in [2.05, 4.69) is 10.3 Å². The Bertz CT molecular complexity index is 734. The van der Waals surface area contributed by atoms with Crippen molar-refractivity contribution in [2.24, 2.45) is 0 Å². The van der Waals surface area contributed by atoms with E-state index in [1.54, 1.807) is 12.5 Å². The van der Waals surface area contributed by atoms with Crippen molar-refractivity contribution in [3.63, 3.8) is 0 Å². The van der Waals surface area contributed by atoms with E-state index < -0.39 is 0 Å². The molecule has 0 saturated heterocycles. The Kier molecular flexibility index (Phi) is 3.34. The van der Waals surface area contributed by atoms with Gasteiger partial charge in [0.25, 0.3) is 5.91 Å². The molecule has 1 N–H and O–H groups in total. The Morgan fingerprint density at radius 3 is 2.48 bits per heavy atom. The number of nitrogens with one attached hydrogen (secondary N) is 1. The van der Waals surface area contributed by atoms with Crippen LogP contribution in [0.5, 0.6) is 0 Å². The van der Waals surface area contributed by atoms with Crippen molar-refractivity contribution in [3.05, 3.63) is 78.3 Å². The standard InChI is InChI=1S/C15H12N4O2/c20-15(12-5-8-19(21)9-6-12)17-13-1-3-14(4-2-13)18-10-7-16-11-18/h1-11H,(H,17,20). The Morgan fingerprint density at radius 2 is 1.86 bits per heavy atom. The second kappa shape index (κ2) is 5.46. The maximum Gasteiger partial charge on any atom is 0.256 e. The van der Waals surface area contributed by atoms with Crippen LogP contribution in [0.25, 0.3) is 5.69 Å². The van der Waals surface area contributed by atoms with E-state index in [4.69, 9.17) is 0 Å². The third-order valence-electron chi connectivity index (χ3n) is 2.99. The normalized spacial score (nSPS) is 10.3. The first-order valence-electron chi connectivity index (χ1n) is 6.31. The molecule has 0 unspecified atom stereocenters. The van der Waals surface area contributed by atoms with Crippen molar-refractivity contribution < 1.29 is 9.52 Å². The molecule has 0 saturated carbocycles. The number of hydrogen-bond donors (Lipinski definition) is 1. The molecule has 6 heteroatoms. The van der Waals surface area contributed by atoms with Crippen molar-refractivity contribution in [2.45, 2.75) is 0 Å². The summed E-state index contributed by atoms with van der Waals surface area (Å²) in [6.07, 6.45) is 7.83. The summed E-state index contributed by atoms with van der Waals surface area (Å²) < 4.78 is 2.51. The molecule has 0 atom stereocenters. The predicted octanol–water partition coefficient (Wildman–Crippen LogP) is 1.76. The van der Waals surface area contributed by atoms with Crippen LogP contribution in [-0.2, 0) is 0 Å². The average Bonchev–Trinajstić information content (AvgIpc) is 3.03. The topological polar surface area (TPSA) is 73.9 Å². The lowest BCUT2D eigenvalue weighted by atomic mass is 10.2. The summed E-state index contributed by atoms with van der Waals surface area (Å²) in [7, 11) is 0. The summed E-state index contributed by atoms with van der Waals surface area (Å²) in [5, 5.41) is 13.7. The molecule has 3 rings (SSSR count). The summed E-state index contributed by atoms with van der Waals surface area (Å²) >= 11 is 0. The predicted molar refractivity (Wildman–Crippen MR) is 76.9 cm³/mol. The fourth-order valence-corrected chi connectivity index (χ4v) is 1.90. The molecule has 0 bridgehead atoms. The first-order valence-corrected chi connectivity index (χ1v) is 6.31. The number of hydrogen-bond acceptors (Lipinski definition) is 3. The van der Waals surface area contributed by atoms with Gasteiger partial charge in [0.1, 0.15) is 0 Å². The van der Waals surface area contributed by atoms with Crippen molar-refractivity contribution in [3.8, 4) is 5.69 Å². The monoisotopic (exact) mass is 280 g/mol. The van der Waals surface area contributed by atoms with Gasteiger partial charge in [-0.15, -0.1) is 0 Å². The third-order valence-corrected chi connectivity index (χ3v) is 2.99. The van der Waals surface area contributed by atoms with Gasteiger partial charge in [-0.05, 0) is 24.3 Å². The number of aromatic nitrogens is 3. The van der Waals surface area contributed by atoms with E-state index in [1.165, 1.54) is 24.5 Å². The van der Waals surface area contributed by atoms with Crippen LogP contribution in [-0.4, -0.2) is 15.5 Å². The highest BCUT2D eigenvalue weighted by Gasteiger charge is 2.07. The van der Waals surface area contributed by atoms with Crippen molar-refractivity contribution >= 4 is 11.6 Å². The molecule has 1 amide bonds. The van der Waals surface area contributed by atoms with Gasteiger partial charge < -0.3 is 15.1 Å². The van der Waals surface area contributed by atoms with E-state index in [0.717, 1.165) is 5.69 Å². The molecule has 21 heavy (non-hydrogen) atoms. The molecule has 0 aliphatic heterocycles. The first-order chi connectivity index (χ1) is 10.2. The van der Waals surface area contributed by atoms with Crippen LogP contribution >= 0.6 is 0 Å². The molecule has 2 heterocycles. The van der Waals surface area contributed by atoms with Gasteiger partial charge in [0.05, 0.1) is 11.9 Å². The molecular weight excluding hydrogens is 268 g/mol. The number of pyridine rings is 1. The zero-order valence-electron chi connectivity index (χ0n) is 11.0.